The number of carbonyl (C=O) groups is 2. The predicted octanol–water partition coefficient (Wildman–Crippen LogP) is 4.37. The van der Waals surface area contributed by atoms with E-state index in [4.69, 9.17) is 0 Å². The molecule has 4 rings (SSSR count). The number of hydrogen-bond donors (Lipinski definition) is 0. The lowest BCUT2D eigenvalue weighted by Crippen LogP contribution is -2.42. The predicted molar refractivity (Wildman–Crippen MR) is 117 cm³/mol. The second-order valence-corrected chi connectivity index (χ2v) is 7.90. The zero-order valence-electron chi connectivity index (χ0n) is 17.3. The molecule has 30 heavy (non-hydrogen) atoms. The Hall–Kier alpha value is -3.21. The smallest absolute Gasteiger partial charge is 0.224 e. The number of carbonyl (C=O) groups excluding carboxylic acids is 2. The standard InChI is InChI=1S/C25H27N3O2/c1-19-26-14-17-27(19)16-13-24(29)28-15-5-8-23(18-28)25(30)22-11-9-21(10-12-22)20-6-3-2-4-7-20/h2-4,6-7,9-12,14,17,23H,5,8,13,15-16,18H2,1H3/t23-/m1/s1. The molecule has 0 N–H and O–H groups in total. The van der Waals surface area contributed by atoms with Gasteiger partial charge in [-0.25, -0.2) is 4.98 Å². The van der Waals surface area contributed by atoms with Gasteiger partial charge in [-0.1, -0.05) is 54.6 Å². The number of ketones is 1. The summed E-state index contributed by atoms with van der Waals surface area (Å²) in [6.45, 7) is 3.81. The van der Waals surface area contributed by atoms with Crippen LogP contribution in [0.3, 0.4) is 0 Å². The first-order valence-electron chi connectivity index (χ1n) is 10.6. The average molecular weight is 402 g/mol. The van der Waals surface area contributed by atoms with Crippen molar-refractivity contribution in [2.45, 2.75) is 32.7 Å². The second-order valence-electron chi connectivity index (χ2n) is 7.90. The molecule has 1 aliphatic heterocycles. The van der Waals surface area contributed by atoms with Crippen molar-refractivity contribution in [3.8, 4) is 11.1 Å². The molecular weight excluding hydrogens is 374 g/mol. The van der Waals surface area contributed by atoms with E-state index >= 15 is 0 Å². The number of rotatable bonds is 6. The lowest BCUT2D eigenvalue weighted by Gasteiger charge is -2.32. The van der Waals surface area contributed by atoms with E-state index in [-0.39, 0.29) is 17.6 Å². The van der Waals surface area contributed by atoms with E-state index in [2.05, 4.69) is 17.1 Å². The highest BCUT2D eigenvalue weighted by Crippen LogP contribution is 2.24. The number of piperidine rings is 1. The minimum absolute atomic E-state index is 0.111. The van der Waals surface area contributed by atoms with Crippen molar-refractivity contribution >= 4 is 11.7 Å². The molecule has 1 aliphatic rings. The molecule has 5 nitrogen and oxygen atoms in total. The fraction of sp³-hybridized carbons (Fsp3) is 0.320. The molecule has 2 aromatic carbocycles. The largest absolute Gasteiger partial charge is 0.342 e. The topological polar surface area (TPSA) is 55.2 Å². The van der Waals surface area contributed by atoms with Crippen LogP contribution in [0.1, 0.15) is 35.4 Å². The van der Waals surface area contributed by atoms with Crippen LogP contribution >= 0.6 is 0 Å². The molecule has 3 aromatic rings. The van der Waals surface area contributed by atoms with Crippen LogP contribution in [0.2, 0.25) is 0 Å². The Morgan fingerprint density at radius 1 is 1.03 bits per heavy atom. The fourth-order valence-corrected chi connectivity index (χ4v) is 4.13. The Balaban J connectivity index is 1.37. The van der Waals surface area contributed by atoms with Crippen LogP contribution in [0.25, 0.3) is 11.1 Å². The average Bonchev–Trinajstić information content (AvgIpc) is 3.22. The summed E-state index contributed by atoms with van der Waals surface area (Å²) in [5.74, 6) is 1.03. The molecule has 2 heterocycles. The Kier molecular flexibility index (Phi) is 6.07. The number of amides is 1. The van der Waals surface area contributed by atoms with Gasteiger partial charge in [0, 0.05) is 49.9 Å². The van der Waals surface area contributed by atoms with E-state index in [1.165, 1.54) is 0 Å². The van der Waals surface area contributed by atoms with Crippen LogP contribution in [-0.2, 0) is 11.3 Å². The summed E-state index contributed by atoms with van der Waals surface area (Å²) in [4.78, 5) is 31.8. The third kappa shape index (κ3) is 4.51. The number of Topliss-reactive ketones (excluding diaryl/α,β-unsaturated/α-hetero) is 1. The van der Waals surface area contributed by atoms with Gasteiger partial charge in [0.25, 0.3) is 0 Å². The number of hydrogen-bond acceptors (Lipinski definition) is 3. The van der Waals surface area contributed by atoms with E-state index in [0.717, 1.165) is 41.9 Å². The van der Waals surface area contributed by atoms with Gasteiger partial charge in [-0.15, -0.1) is 0 Å². The molecule has 0 unspecified atom stereocenters. The lowest BCUT2D eigenvalue weighted by atomic mass is 9.89. The maximum Gasteiger partial charge on any atom is 0.224 e. The zero-order chi connectivity index (χ0) is 20.9. The van der Waals surface area contributed by atoms with Gasteiger partial charge in [-0.05, 0) is 30.9 Å². The third-order valence-corrected chi connectivity index (χ3v) is 5.91. The van der Waals surface area contributed by atoms with Crippen molar-refractivity contribution in [3.63, 3.8) is 0 Å². The minimum atomic E-state index is -0.125. The van der Waals surface area contributed by atoms with Gasteiger partial charge in [0.05, 0.1) is 0 Å². The first kappa shape index (κ1) is 20.1. The van der Waals surface area contributed by atoms with Crippen LogP contribution in [0.5, 0.6) is 0 Å². The lowest BCUT2D eigenvalue weighted by molar-refractivity contribution is -0.132. The molecule has 1 atom stereocenters. The molecule has 0 spiro atoms. The molecule has 0 saturated carbocycles. The molecule has 0 aliphatic carbocycles. The molecule has 1 aromatic heterocycles. The highest BCUT2D eigenvalue weighted by atomic mass is 16.2. The van der Waals surface area contributed by atoms with Gasteiger partial charge < -0.3 is 9.47 Å². The van der Waals surface area contributed by atoms with Gasteiger partial charge in [0.15, 0.2) is 5.78 Å². The molecule has 1 amide bonds. The van der Waals surface area contributed by atoms with E-state index in [0.29, 0.717) is 19.5 Å². The monoisotopic (exact) mass is 401 g/mol. The molecule has 0 radical (unpaired) electrons. The zero-order valence-corrected chi connectivity index (χ0v) is 17.3. The van der Waals surface area contributed by atoms with Crippen LogP contribution in [0.15, 0.2) is 67.0 Å². The van der Waals surface area contributed by atoms with Gasteiger partial charge in [-0.2, -0.15) is 0 Å². The van der Waals surface area contributed by atoms with Crippen LogP contribution in [0, 0.1) is 12.8 Å². The third-order valence-electron chi connectivity index (χ3n) is 5.91. The maximum absolute atomic E-state index is 13.1. The Labute approximate surface area is 177 Å². The summed E-state index contributed by atoms with van der Waals surface area (Å²) < 4.78 is 1.98. The van der Waals surface area contributed by atoms with Gasteiger partial charge in [0.1, 0.15) is 5.82 Å². The first-order valence-corrected chi connectivity index (χ1v) is 10.6. The van der Waals surface area contributed by atoms with Gasteiger partial charge >= 0.3 is 0 Å². The van der Waals surface area contributed by atoms with E-state index in [1.54, 1.807) is 6.20 Å². The maximum atomic E-state index is 13.1. The van der Waals surface area contributed by atoms with Crippen molar-refractivity contribution < 1.29 is 9.59 Å². The fourth-order valence-electron chi connectivity index (χ4n) is 4.13. The van der Waals surface area contributed by atoms with Crippen molar-refractivity contribution in [2.24, 2.45) is 5.92 Å². The molecule has 0 bridgehead atoms. The molecule has 5 heteroatoms. The molecule has 1 saturated heterocycles. The summed E-state index contributed by atoms with van der Waals surface area (Å²) in [5.41, 5.74) is 2.96. The van der Waals surface area contributed by atoms with Gasteiger partial charge in [0.2, 0.25) is 5.91 Å². The van der Waals surface area contributed by atoms with Crippen molar-refractivity contribution in [3.05, 3.63) is 78.4 Å². The second kappa shape index (κ2) is 9.08. The van der Waals surface area contributed by atoms with Crippen LogP contribution in [-0.4, -0.2) is 39.2 Å². The number of nitrogens with zero attached hydrogens (tertiary/aromatic N) is 3. The normalized spacial score (nSPS) is 16.4. The molecule has 1 fully saturated rings. The Morgan fingerprint density at radius 3 is 2.47 bits per heavy atom. The number of benzene rings is 2. The SMILES string of the molecule is Cc1nccn1CCC(=O)N1CCC[C@@H](C(=O)c2ccc(-c3ccccc3)cc2)C1. The summed E-state index contributed by atoms with van der Waals surface area (Å²) in [6, 6.07) is 18.0. The summed E-state index contributed by atoms with van der Waals surface area (Å²) >= 11 is 0. The van der Waals surface area contributed by atoms with E-state index in [9.17, 15) is 9.59 Å². The van der Waals surface area contributed by atoms with E-state index < -0.39 is 0 Å². The first-order chi connectivity index (χ1) is 14.6. The summed E-state index contributed by atoms with van der Waals surface area (Å²) in [5, 5.41) is 0. The summed E-state index contributed by atoms with van der Waals surface area (Å²) in [7, 11) is 0. The van der Waals surface area contributed by atoms with Crippen LogP contribution in [0.4, 0.5) is 0 Å². The van der Waals surface area contributed by atoms with Crippen molar-refractivity contribution in [1.82, 2.24) is 14.5 Å². The van der Waals surface area contributed by atoms with Crippen molar-refractivity contribution in [2.75, 3.05) is 13.1 Å². The molecular formula is C25H27N3O2. The number of likely N-dealkylation sites (tertiary alicyclic amines) is 1. The quantitative estimate of drug-likeness (QED) is 0.577. The number of aromatic nitrogens is 2. The molecule has 154 valence electrons. The Morgan fingerprint density at radius 2 is 1.77 bits per heavy atom. The van der Waals surface area contributed by atoms with Crippen molar-refractivity contribution in [1.29, 1.82) is 0 Å². The minimum Gasteiger partial charge on any atom is -0.342 e. The summed E-state index contributed by atoms with van der Waals surface area (Å²) in [6.07, 6.45) is 5.78. The highest BCUT2D eigenvalue weighted by Gasteiger charge is 2.28. The number of aryl methyl sites for hydroxylation is 2. The van der Waals surface area contributed by atoms with Crippen LogP contribution < -0.4 is 0 Å². The van der Waals surface area contributed by atoms with E-state index in [1.807, 2.05) is 65.1 Å². The Bertz CT molecular complexity index is 1010. The number of imidazole rings is 1. The highest BCUT2D eigenvalue weighted by molar-refractivity contribution is 5.98. The van der Waals surface area contributed by atoms with Gasteiger partial charge in [-0.3, -0.25) is 9.59 Å².